The molecule has 0 aromatic heterocycles. The van der Waals surface area contributed by atoms with Crippen molar-refractivity contribution in [1.29, 1.82) is 0 Å². The maximum atomic E-state index is 2.38. The van der Waals surface area contributed by atoms with E-state index in [9.17, 15) is 0 Å². The molecule has 0 atom stereocenters. The molecule has 0 aliphatic rings. The third-order valence-electron chi connectivity index (χ3n) is 12.9. The second kappa shape index (κ2) is 21.9. The van der Waals surface area contributed by atoms with Crippen molar-refractivity contribution in [2.24, 2.45) is 0 Å². The standard InChI is InChI=1S/2C30H37.2Hg/c2*1-19(2)25-14-10-15-26(20(3)4)29(25)23-12-9-13-24(18-23)30-27(21(5)6)16-11-17-28(30)22(7)8;;/h2*9-17,19-22H,1-8H3;;. The third-order valence-corrected chi connectivity index (χ3v) is 18.8. The topological polar surface area (TPSA) is 0 Å². The fourth-order valence-electron chi connectivity index (χ4n) is 9.56. The van der Waals surface area contributed by atoms with Gasteiger partial charge in [0, 0.05) is 0 Å². The number of hydrogen-bond donors (Lipinski definition) is 0. The second-order valence-corrected chi connectivity index (χ2v) is 25.6. The van der Waals surface area contributed by atoms with Gasteiger partial charge < -0.3 is 0 Å². The van der Waals surface area contributed by atoms with Crippen LogP contribution in [-0.2, 0) is 52.2 Å². The molecule has 0 nitrogen and oxygen atoms in total. The molecular formula is C60H74Hg2. The molecule has 0 saturated carbocycles. The van der Waals surface area contributed by atoms with E-state index in [1.54, 1.807) is 6.14 Å². The van der Waals surface area contributed by atoms with Crippen LogP contribution in [0.2, 0.25) is 0 Å². The van der Waals surface area contributed by atoms with Gasteiger partial charge in [-0.05, 0) is 0 Å². The Bertz CT molecular complexity index is 2010. The van der Waals surface area contributed by atoms with Crippen LogP contribution in [0.4, 0.5) is 0 Å². The molecular weight excluding hydrogens is 1120 g/mol. The van der Waals surface area contributed by atoms with Gasteiger partial charge in [0.2, 0.25) is 0 Å². The van der Waals surface area contributed by atoms with Gasteiger partial charge in [-0.25, -0.2) is 0 Å². The number of rotatable bonds is 12. The molecule has 0 N–H and O–H groups in total. The molecule has 0 amide bonds. The first kappa shape index (κ1) is 50.2. The fourth-order valence-corrected chi connectivity index (χ4v) is 14.1. The number of benzene rings is 6. The van der Waals surface area contributed by atoms with Crippen LogP contribution in [0.3, 0.4) is 0 Å². The predicted molar refractivity (Wildman–Crippen MR) is 267 cm³/mol. The van der Waals surface area contributed by atoms with Crippen molar-refractivity contribution < 1.29 is 52.2 Å². The van der Waals surface area contributed by atoms with E-state index >= 15 is 0 Å². The SMILES string of the molecule is CC(C)c1cccc(C(C)C)c1-c1cccc(-c2c(C(C)C)cccc2C(C)C)[c]1[Hg].CC(C)c1cccc(C(C)C)c1-c1cccc(-c2c(C(C)C)cccc2C(C)C)[c]1[Hg]. The molecule has 0 aliphatic heterocycles. The van der Waals surface area contributed by atoms with E-state index < -0.39 is 0 Å². The van der Waals surface area contributed by atoms with Gasteiger partial charge in [0.1, 0.15) is 0 Å². The first-order valence-electron chi connectivity index (χ1n) is 23.7. The van der Waals surface area contributed by atoms with Gasteiger partial charge >= 0.3 is 415 Å². The summed E-state index contributed by atoms with van der Waals surface area (Å²) in [5, 5.41) is 0. The summed E-state index contributed by atoms with van der Waals surface area (Å²) >= 11 is 1.000. The Morgan fingerprint density at radius 2 is 0.355 bits per heavy atom. The minimum atomic E-state index is 0.500. The molecule has 0 radical (unpaired) electrons. The Morgan fingerprint density at radius 3 is 0.484 bits per heavy atom. The van der Waals surface area contributed by atoms with Gasteiger partial charge in [-0.1, -0.05) is 0 Å². The average molecular weight is 1200 g/mol. The van der Waals surface area contributed by atoms with Crippen LogP contribution in [0, 0.1) is 0 Å². The van der Waals surface area contributed by atoms with E-state index in [0.717, 1.165) is 0 Å². The molecule has 0 spiro atoms. The van der Waals surface area contributed by atoms with Gasteiger partial charge in [-0.15, -0.1) is 0 Å². The Balaban J connectivity index is 0.000000234. The van der Waals surface area contributed by atoms with Crippen LogP contribution < -0.4 is 6.14 Å². The summed E-state index contributed by atoms with van der Waals surface area (Å²) in [4.78, 5) is 0. The fraction of sp³-hybridized carbons (Fsp3) is 0.400. The zero-order valence-corrected chi connectivity index (χ0v) is 52.4. The van der Waals surface area contributed by atoms with Gasteiger partial charge in [-0.3, -0.25) is 0 Å². The minimum absolute atomic E-state index is 0.500. The van der Waals surface area contributed by atoms with Crippen molar-refractivity contribution in [2.45, 2.75) is 158 Å². The Morgan fingerprint density at radius 1 is 0.226 bits per heavy atom. The number of hydrogen-bond acceptors (Lipinski definition) is 0. The molecule has 0 saturated heterocycles. The van der Waals surface area contributed by atoms with Crippen LogP contribution in [0.25, 0.3) is 44.5 Å². The first-order valence-corrected chi connectivity index (χ1v) is 29.2. The molecule has 6 aromatic carbocycles. The Kier molecular flexibility index (Phi) is 17.7. The quantitative estimate of drug-likeness (QED) is 0.107. The molecule has 0 fully saturated rings. The molecule has 62 heavy (non-hydrogen) atoms. The van der Waals surface area contributed by atoms with Crippen LogP contribution in [0.5, 0.6) is 0 Å². The van der Waals surface area contributed by atoms with Gasteiger partial charge in [-0.2, -0.15) is 0 Å². The molecule has 318 valence electrons. The van der Waals surface area contributed by atoms with Crippen LogP contribution in [0.1, 0.15) is 203 Å². The van der Waals surface area contributed by atoms with Crippen molar-refractivity contribution in [3.63, 3.8) is 0 Å². The van der Waals surface area contributed by atoms with Crippen LogP contribution in [-0.4, -0.2) is 0 Å². The van der Waals surface area contributed by atoms with E-state index in [1.807, 2.05) is 0 Å². The summed E-state index contributed by atoms with van der Waals surface area (Å²) in [6.45, 7) is 37.3. The summed E-state index contributed by atoms with van der Waals surface area (Å²) in [6.07, 6.45) is 0. The van der Waals surface area contributed by atoms with E-state index in [0.29, 0.717) is 99.6 Å². The normalized spacial score (nSPS) is 11.9. The van der Waals surface area contributed by atoms with Crippen molar-refractivity contribution in [2.75, 3.05) is 0 Å². The maximum absolute atomic E-state index is 2.38. The molecule has 2 heteroatoms. The molecule has 6 rings (SSSR count). The van der Waals surface area contributed by atoms with Crippen molar-refractivity contribution in [3.05, 3.63) is 154 Å². The third kappa shape index (κ3) is 10.8. The summed E-state index contributed by atoms with van der Waals surface area (Å²) < 4.78 is 3.18. The van der Waals surface area contributed by atoms with E-state index in [-0.39, 0.29) is 0 Å². The van der Waals surface area contributed by atoms with E-state index in [4.69, 9.17) is 0 Å². The Hall–Kier alpha value is -2.81. The van der Waals surface area contributed by atoms with Crippen molar-refractivity contribution in [1.82, 2.24) is 0 Å². The molecule has 0 aliphatic carbocycles. The molecule has 0 heterocycles. The van der Waals surface area contributed by atoms with E-state index in [1.165, 1.54) is 89.0 Å². The van der Waals surface area contributed by atoms with Crippen LogP contribution in [0.15, 0.2) is 109 Å². The van der Waals surface area contributed by atoms with Crippen molar-refractivity contribution in [3.8, 4) is 44.5 Å². The predicted octanol–water partition coefficient (Wildman–Crippen LogP) is 17.4. The monoisotopic (exact) mass is 1200 g/mol. The molecule has 0 bridgehead atoms. The summed E-state index contributed by atoms with van der Waals surface area (Å²) in [5.74, 6) is 4.11. The molecule has 6 aromatic rings. The average Bonchev–Trinajstić information content (AvgIpc) is 3.22. The summed E-state index contributed by atoms with van der Waals surface area (Å²) in [6, 6.07) is 41.8. The van der Waals surface area contributed by atoms with Gasteiger partial charge in [0.15, 0.2) is 0 Å². The molecule has 0 unspecified atom stereocenters. The van der Waals surface area contributed by atoms with Crippen molar-refractivity contribution >= 4 is 6.14 Å². The van der Waals surface area contributed by atoms with Gasteiger partial charge in [0.25, 0.3) is 0 Å². The second-order valence-electron chi connectivity index (χ2n) is 20.1. The first-order chi connectivity index (χ1) is 29.3. The van der Waals surface area contributed by atoms with Crippen LogP contribution >= 0.6 is 0 Å². The van der Waals surface area contributed by atoms with Gasteiger partial charge in [0.05, 0.1) is 0 Å². The Labute approximate surface area is 411 Å². The zero-order chi connectivity index (χ0) is 45.7. The summed E-state index contributed by atoms with van der Waals surface area (Å²) in [5.41, 5.74) is 23.7. The van der Waals surface area contributed by atoms with E-state index in [2.05, 4.69) is 220 Å². The zero-order valence-electron chi connectivity index (χ0n) is 41.4. The summed E-state index contributed by atoms with van der Waals surface area (Å²) in [7, 11) is 0.